The molecule has 1 aliphatic heterocycles. The maximum atomic E-state index is 11.8. The van der Waals surface area contributed by atoms with Gasteiger partial charge in [0, 0.05) is 50.4 Å². The summed E-state index contributed by atoms with van der Waals surface area (Å²) in [4.78, 5) is 28.5. The van der Waals surface area contributed by atoms with Gasteiger partial charge in [-0.3, -0.25) is 19.9 Å². The molecule has 8 heteroatoms. The molecule has 1 fully saturated rings. The molecular weight excluding hydrogens is 358 g/mol. The SMILES string of the molecule is CN=C(NCc1ccc(N2CCCC2=O)cc1)NCc1ccccc1[N+](=O)[O-]. The third kappa shape index (κ3) is 4.64. The number of hydrogen-bond donors (Lipinski definition) is 2. The molecule has 1 heterocycles. The molecule has 0 radical (unpaired) electrons. The smallest absolute Gasteiger partial charge is 0.274 e. The fourth-order valence-corrected chi connectivity index (χ4v) is 3.14. The Morgan fingerprint density at radius 2 is 1.86 bits per heavy atom. The van der Waals surface area contributed by atoms with Gasteiger partial charge in [0.1, 0.15) is 0 Å². The van der Waals surface area contributed by atoms with E-state index in [9.17, 15) is 14.9 Å². The van der Waals surface area contributed by atoms with Gasteiger partial charge in [-0.05, 0) is 24.1 Å². The lowest BCUT2D eigenvalue weighted by Gasteiger charge is -2.16. The fourth-order valence-electron chi connectivity index (χ4n) is 3.14. The minimum Gasteiger partial charge on any atom is -0.352 e. The minimum atomic E-state index is -0.389. The molecule has 1 aliphatic rings. The molecule has 2 N–H and O–H groups in total. The Kier molecular flexibility index (Phi) is 6.21. The molecule has 0 saturated carbocycles. The predicted molar refractivity (Wildman–Crippen MR) is 108 cm³/mol. The molecule has 0 atom stereocenters. The summed E-state index contributed by atoms with van der Waals surface area (Å²) in [5.74, 6) is 0.724. The van der Waals surface area contributed by atoms with Crippen molar-refractivity contribution in [2.24, 2.45) is 4.99 Å². The number of carbonyl (C=O) groups is 1. The lowest BCUT2D eigenvalue weighted by atomic mass is 10.2. The Labute approximate surface area is 163 Å². The maximum absolute atomic E-state index is 11.8. The van der Waals surface area contributed by atoms with Crippen LogP contribution in [0.5, 0.6) is 0 Å². The van der Waals surface area contributed by atoms with Crippen LogP contribution in [0.15, 0.2) is 53.5 Å². The molecule has 0 aromatic heterocycles. The van der Waals surface area contributed by atoms with Crippen molar-refractivity contribution in [3.05, 3.63) is 69.8 Å². The molecule has 0 spiro atoms. The van der Waals surface area contributed by atoms with E-state index >= 15 is 0 Å². The molecule has 1 amide bonds. The van der Waals surface area contributed by atoms with Gasteiger partial charge in [0.15, 0.2) is 5.96 Å². The van der Waals surface area contributed by atoms with Crippen LogP contribution in [-0.4, -0.2) is 30.4 Å². The number of benzene rings is 2. The monoisotopic (exact) mass is 381 g/mol. The second kappa shape index (κ2) is 8.98. The van der Waals surface area contributed by atoms with Crippen molar-refractivity contribution in [2.45, 2.75) is 25.9 Å². The summed E-state index contributed by atoms with van der Waals surface area (Å²) in [7, 11) is 1.65. The zero-order chi connectivity index (χ0) is 19.9. The highest BCUT2D eigenvalue weighted by atomic mass is 16.6. The Hall–Kier alpha value is -3.42. The number of amides is 1. The Balaban J connectivity index is 1.54. The van der Waals surface area contributed by atoms with Gasteiger partial charge in [-0.25, -0.2) is 0 Å². The highest BCUT2D eigenvalue weighted by Crippen LogP contribution is 2.21. The number of para-hydroxylation sites is 1. The normalized spacial score (nSPS) is 14.2. The third-order valence-electron chi connectivity index (χ3n) is 4.64. The fraction of sp³-hybridized carbons (Fsp3) is 0.300. The first-order valence-corrected chi connectivity index (χ1v) is 9.14. The van der Waals surface area contributed by atoms with Crippen molar-refractivity contribution in [2.75, 3.05) is 18.5 Å². The molecule has 8 nitrogen and oxygen atoms in total. The standard InChI is InChI=1S/C20H23N5O3/c1-21-20(23-14-16-5-2-3-6-18(16)25(27)28)22-13-15-8-10-17(11-9-15)24-12-4-7-19(24)26/h2-3,5-6,8-11H,4,7,12-14H2,1H3,(H2,21,22,23). The number of anilines is 1. The minimum absolute atomic E-state index is 0.0810. The first-order valence-electron chi connectivity index (χ1n) is 9.14. The molecule has 0 aliphatic carbocycles. The van der Waals surface area contributed by atoms with Crippen LogP contribution >= 0.6 is 0 Å². The van der Waals surface area contributed by atoms with Crippen molar-refractivity contribution in [1.82, 2.24) is 10.6 Å². The van der Waals surface area contributed by atoms with Gasteiger partial charge in [-0.15, -0.1) is 0 Å². The number of guanidine groups is 1. The number of aliphatic imine (C=N–C) groups is 1. The zero-order valence-corrected chi connectivity index (χ0v) is 15.7. The summed E-state index contributed by atoms with van der Waals surface area (Å²) in [5, 5.41) is 17.4. The van der Waals surface area contributed by atoms with E-state index in [1.165, 1.54) is 6.07 Å². The summed E-state index contributed by atoms with van der Waals surface area (Å²) in [6.07, 6.45) is 1.52. The van der Waals surface area contributed by atoms with Crippen LogP contribution in [0, 0.1) is 10.1 Å². The van der Waals surface area contributed by atoms with Crippen LogP contribution in [0.2, 0.25) is 0 Å². The second-order valence-electron chi connectivity index (χ2n) is 6.48. The van der Waals surface area contributed by atoms with Crippen molar-refractivity contribution in [3.8, 4) is 0 Å². The predicted octanol–water partition coefficient (Wildman–Crippen LogP) is 2.59. The van der Waals surface area contributed by atoms with Crippen LogP contribution in [-0.2, 0) is 17.9 Å². The quantitative estimate of drug-likeness (QED) is 0.347. The van der Waals surface area contributed by atoms with Crippen molar-refractivity contribution < 1.29 is 9.72 Å². The van der Waals surface area contributed by atoms with E-state index in [4.69, 9.17) is 0 Å². The number of nitrogens with one attached hydrogen (secondary N) is 2. The first-order chi connectivity index (χ1) is 13.6. The van der Waals surface area contributed by atoms with Crippen LogP contribution in [0.25, 0.3) is 0 Å². The Morgan fingerprint density at radius 1 is 1.14 bits per heavy atom. The Morgan fingerprint density at radius 3 is 2.50 bits per heavy atom. The molecule has 28 heavy (non-hydrogen) atoms. The number of rotatable bonds is 6. The summed E-state index contributed by atoms with van der Waals surface area (Å²) < 4.78 is 0. The van der Waals surface area contributed by atoms with E-state index in [2.05, 4.69) is 15.6 Å². The highest BCUT2D eigenvalue weighted by molar-refractivity contribution is 5.95. The summed E-state index contributed by atoms with van der Waals surface area (Å²) in [6.45, 7) is 1.62. The van der Waals surface area contributed by atoms with Crippen LogP contribution in [0.4, 0.5) is 11.4 Å². The number of nitro benzene ring substituents is 1. The van der Waals surface area contributed by atoms with Gasteiger partial charge in [0.05, 0.1) is 4.92 Å². The van der Waals surface area contributed by atoms with Gasteiger partial charge in [0.2, 0.25) is 5.91 Å². The van der Waals surface area contributed by atoms with E-state index in [0.717, 1.165) is 24.2 Å². The number of carbonyl (C=O) groups excluding carboxylic acids is 1. The first kappa shape index (κ1) is 19.3. The third-order valence-corrected chi connectivity index (χ3v) is 4.64. The van der Waals surface area contributed by atoms with Crippen LogP contribution in [0.3, 0.4) is 0 Å². The van der Waals surface area contributed by atoms with Crippen molar-refractivity contribution in [3.63, 3.8) is 0 Å². The van der Waals surface area contributed by atoms with Gasteiger partial charge in [-0.2, -0.15) is 0 Å². The summed E-state index contributed by atoms with van der Waals surface area (Å²) in [6, 6.07) is 14.5. The number of nitrogens with zero attached hydrogens (tertiary/aromatic N) is 3. The molecule has 2 aromatic rings. The van der Waals surface area contributed by atoms with Gasteiger partial charge >= 0.3 is 0 Å². The Bertz CT molecular complexity index is 880. The van der Waals surface area contributed by atoms with Crippen LogP contribution < -0.4 is 15.5 Å². The van der Waals surface area contributed by atoms with Gasteiger partial charge in [-0.1, -0.05) is 30.3 Å². The topological polar surface area (TPSA) is 99.9 Å². The van der Waals surface area contributed by atoms with Gasteiger partial charge in [0.25, 0.3) is 5.69 Å². The lowest BCUT2D eigenvalue weighted by Crippen LogP contribution is -2.36. The van der Waals surface area contributed by atoms with E-state index < -0.39 is 0 Å². The maximum Gasteiger partial charge on any atom is 0.274 e. The highest BCUT2D eigenvalue weighted by Gasteiger charge is 2.21. The van der Waals surface area contributed by atoms with E-state index in [1.54, 1.807) is 25.2 Å². The van der Waals surface area contributed by atoms with Gasteiger partial charge < -0.3 is 15.5 Å². The van der Waals surface area contributed by atoms with E-state index in [0.29, 0.717) is 31.0 Å². The molecule has 1 saturated heterocycles. The second-order valence-corrected chi connectivity index (χ2v) is 6.48. The number of nitro groups is 1. The number of hydrogen-bond acceptors (Lipinski definition) is 4. The molecular formula is C20H23N5O3. The van der Waals surface area contributed by atoms with E-state index in [1.807, 2.05) is 29.2 Å². The van der Waals surface area contributed by atoms with Crippen LogP contribution in [0.1, 0.15) is 24.0 Å². The molecule has 0 unspecified atom stereocenters. The molecule has 3 rings (SSSR count). The van der Waals surface area contributed by atoms with Crippen molar-refractivity contribution >= 4 is 23.2 Å². The molecule has 2 aromatic carbocycles. The van der Waals surface area contributed by atoms with Crippen molar-refractivity contribution in [1.29, 1.82) is 0 Å². The molecule has 146 valence electrons. The average Bonchev–Trinajstić information content (AvgIpc) is 3.14. The average molecular weight is 381 g/mol. The summed E-state index contributed by atoms with van der Waals surface area (Å²) in [5.41, 5.74) is 2.64. The summed E-state index contributed by atoms with van der Waals surface area (Å²) >= 11 is 0. The largest absolute Gasteiger partial charge is 0.352 e. The molecule has 0 bridgehead atoms. The van der Waals surface area contributed by atoms with E-state index in [-0.39, 0.29) is 16.5 Å². The zero-order valence-electron chi connectivity index (χ0n) is 15.7. The lowest BCUT2D eigenvalue weighted by molar-refractivity contribution is -0.385.